The molecule has 0 aliphatic heterocycles. The summed E-state index contributed by atoms with van der Waals surface area (Å²) >= 11 is 0. The average Bonchev–Trinajstić information content (AvgIpc) is 2.38. The molecule has 0 radical (unpaired) electrons. The quantitative estimate of drug-likeness (QED) is 0.780. The lowest BCUT2D eigenvalue weighted by Gasteiger charge is -2.08. The number of pyridine rings is 1. The van der Waals surface area contributed by atoms with E-state index in [-0.39, 0.29) is 5.69 Å². The topological polar surface area (TPSA) is 120 Å². The molecule has 1 heterocycles. The number of aromatic nitrogens is 1. The Morgan fingerprint density at radius 3 is 2.55 bits per heavy atom. The van der Waals surface area contributed by atoms with Gasteiger partial charge in [0.2, 0.25) is 0 Å². The highest BCUT2D eigenvalue weighted by molar-refractivity contribution is 5.91. The van der Waals surface area contributed by atoms with E-state index < -0.39 is 11.9 Å². The molecule has 0 spiro atoms. The third-order valence-corrected chi connectivity index (χ3v) is 2.32. The minimum atomic E-state index is -0.665. The highest BCUT2D eigenvalue weighted by Gasteiger charge is 2.05. The normalized spacial score (nSPS) is 9.80. The molecule has 0 saturated heterocycles. The number of benzene rings is 1. The average molecular weight is 272 g/mol. The van der Waals surface area contributed by atoms with Gasteiger partial charge >= 0.3 is 6.03 Å². The van der Waals surface area contributed by atoms with Crippen molar-refractivity contribution in [2.24, 2.45) is 11.5 Å². The molecule has 20 heavy (non-hydrogen) atoms. The van der Waals surface area contributed by atoms with E-state index in [1.165, 1.54) is 12.3 Å². The van der Waals surface area contributed by atoms with Gasteiger partial charge in [-0.1, -0.05) is 6.07 Å². The molecule has 5 N–H and O–H groups in total. The fourth-order valence-corrected chi connectivity index (χ4v) is 1.53. The van der Waals surface area contributed by atoms with Crippen molar-refractivity contribution in [2.45, 2.75) is 0 Å². The zero-order valence-electron chi connectivity index (χ0n) is 10.4. The van der Waals surface area contributed by atoms with Gasteiger partial charge in [0, 0.05) is 24.0 Å². The third-order valence-electron chi connectivity index (χ3n) is 2.32. The molecular formula is C13H12N4O3. The Balaban J connectivity index is 2.19. The summed E-state index contributed by atoms with van der Waals surface area (Å²) in [6, 6.07) is 8.99. The highest BCUT2D eigenvalue weighted by Crippen LogP contribution is 2.24. The third kappa shape index (κ3) is 3.45. The molecule has 2 aromatic rings. The number of primary amides is 2. The Morgan fingerprint density at radius 2 is 1.85 bits per heavy atom. The van der Waals surface area contributed by atoms with Crippen molar-refractivity contribution < 1.29 is 14.3 Å². The number of amides is 3. The van der Waals surface area contributed by atoms with E-state index in [1.54, 1.807) is 30.3 Å². The summed E-state index contributed by atoms with van der Waals surface area (Å²) in [6.07, 6.45) is 1.42. The number of rotatable bonds is 4. The van der Waals surface area contributed by atoms with Crippen LogP contribution in [0.2, 0.25) is 0 Å². The van der Waals surface area contributed by atoms with Crippen molar-refractivity contribution in [3.05, 3.63) is 48.3 Å². The van der Waals surface area contributed by atoms with Crippen LogP contribution in [0, 0.1) is 0 Å². The molecule has 0 fully saturated rings. The Kier molecular flexibility index (Phi) is 3.80. The van der Waals surface area contributed by atoms with Gasteiger partial charge < -0.3 is 21.5 Å². The van der Waals surface area contributed by atoms with Crippen molar-refractivity contribution in [1.29, 1.82) is 0 Å². The number of ether oxygens (including phenoxy) is 1. The van der Waals surface area contributed by atoms with Gasteiger partial charge in [-0.25, -0.2) is 4.79 Å². The van der Waals surface area contributed by atoms with Gasteiger partial charge in [0.15, 0.2) is 0 Å². The molecule has 3 amide bonds. The molecule has 0 atom stereocenters. The minimum absolute atomic E-state index is 0.105. The van der Waals surface area contributed by atoms with Crippen LogP contribution in [-0.2, 0) is 0 Å². The molecule has 2 rings (SSSR count). The van der Waals surface area contributed by atoms with Gasteiger partial charge in [-0.2, -0.15) is 0 Å². The first-order valence-electron chi connectivity index (χ1n) is 5.65. The summed E-state index contributed by atoms with van der Waals surface area (Å²) in [5, 5.41) is 2.43. The fraction of sp³-hybridized carbons (Fsp3) is 0. The molecule has 102 valence electrons. The predicted molar refractivity (Wildman–Crippen MR) is 72.5 cm³/mol. The second kappa shape index (κ2) is 5.70. The second-order valence-corrected chi connectivity index (χ2v) is 3.86. The van der Waals surface area contributed by atoms with Crippen LogP contribution in [0.25, 0.3) is 0 Å². The first-order chi connectivity index (χ1) is 9.54. The van der Waals surface area contributed by atoms with Crippen LogP contribution >= 0.6 is 0 Å². The van der Waals surface area contributed by atoms with Crippen LogP contribution < -0.4 is 21.5 Å². The highest BCUT2D eigenvalue weighted by atomic mass is 16.5. The number of hydrogen-bond donors (Lipinski definition) is 3. The van der Waals surface area contributed by atoms with E-state index in [4.69, 9.17) is 16.2 Å². The molecule has 7 nitrogen and oxygen atoms in total. The maximum Gasteiger partial charge on any atom is 0.316 e. The van der Waals surface area contributed by atoms with E-state index in [0.29, 0.717) is 17.2 Å². The lowest BCUT2D eigenvalue weighted by atomic mass is 10.3. The number of anilines is 1. The van der Waals surface area contributed by atoms with Crippen molar-refractivity contribution in [1.82, 2.24) is 4.98 Å². The SMILES string of the molecule is NC(=O)Nc1cccc(Oc2ccnc(C(N)=O)c2)c1. The molecule has 0 saturated carbocycles. The van der Waals surface area contributed by atoms with Gasteiger partial charge in [-0.3, -0.25) is 9.78 Å². The van der Waals surface area contributed by atoms with Crippen LogP contribution in [-0.4, -0.2) is 16.9 Å². The smallest absolute Gasteiger partial charge is 0.316 e. The van der Waals surface area contributed by atoms with Gasteiger partial charge in [-0.15, -0.1) is 0 Å². The van der Waals surface area contributed by atoms with Gasteiger partial charge in [0.1, 0.15) is 17.2 Å². The monoisotopic (exact) mass is 272 g/mol. The molecule has 7 heteroatoms. The van der Waals surface area contributed by atoms with Gasteiger partial charge in [0.05, 0.1) is 0 Å². The van der Waals surface area contributed by atoms with E-state index in [2.05, 4.69) is 10.3 Å². The predicted octanol–water partition coefficient (Wildman–Crippen LogP) is 1.46. The summed E-state index contributed by atoms with van der Waals surface area (Å²) in [4.78, 5) is 25.6. The lowest BCUT2D eigenvalue weighted by Crippen LogP contribution is -2.19. The number of urea groups is 1. The number of carbonyl (C=O) groups is 2. The maximum atomic E-state index is 11.0. The van der Waals surface area contributed by atoms with E-state index in [9.17, 15) is 9.59 Å². The number of nitrogens with two attached hydrogens (primary N) is 2. The Morgan fingerprint density at radius 1 is 1.10 bits per heavy atom. The lowest BCUT2D eigenvalue weighted by molar-refractivity contribution is 0.0995. The number of nitrogens with one attached hydrogen (secondary N) is 1. The van der Waals surface area contributed by atoms with Crippen molar-refractivity contribution >= 4 is 17.6 Å². The molecular weight excluding hydrogens is 260 g/mol. The minimum Gasteiger partial charge on any atom is -0.457 e. The van der Waals surface area contributed by atoms with Crippen molar-refractivity contribution in [2.75, 3.05) is 5.32 Å². The zero-order valence-corrected chi connectivity index (χ0v) is 10.4. The number of carbonyl (C=O) groups excluding carboxylic acids is 2. The van der Waals surface area contributed by atoms with Crippen LogP contribution in [0.1, 0.15) is 10.5 Å². The van der Waals surface area contributed by atoms with Crippen LogP contribution in [0.4, 0.5) is 10.5 Å². The number of nitrogens with zero attached hydrogens (tertiary/aromatic N) is 1. The summed E-state index contributed by atoms with van der Waals surface area (Å²) < 4.78 is 5.55. The molecule has 1 aromatic carbocycles. The van der Waals surface area contributed by atoms with Crippen LogP contribution in [0.5, 0.6) is 11.5 Å². The van der Waals surface area contributed by atoms with E-state index >= 15 is 0 Å². The summed E-state index contributed by atoms with van der Waals surface area (Å²) in [5.41, 5.74) is 10.8. The first-order valence-corrected chi connectivity index (χ1v) is 5.65. The zero-order chi connectivity index (χ0) is 14.5. The molecule has 0 aliphatic carbocycles. The second-order valence-electron chi connectivity index (χ2n) is 3.86. The summed E-state index contributed by atoms with van der Waals surface area (Å²) in [7, 11) is 0. The first kappa shape index (κ1) is 13.3. The summed E-state index contributed by atoms with van der Waals surface area (Å²) in [6.45, 7) is 0. The molecule has 0 aliphatic rings. The van der Waals surface area contributed by atoms with E-state index in [0.717, 1.165) is 0 Å². The largest absolute Gasteiger partial charge is 0.457 e. The molecule has 0 bridgehead atoms. The molecule has 1 aromatic heterocycles. The van der Waals surface area contributed by atoms with Crippen LogP contribution in [0.3, 0.4) is 0 Å². The summed E-state index contributed by atoms with van der Waals surface area (Å²) in [5.74, 6) is 0.238. The Bertz CT molecular complexity index is 658. The van der Waals surface area contributed by atoms with Crippen molar-refractivity contribution in [3.8, 4) is 11.5 Å². The van der Waals surface area contributed by atoms with Gasteiger partial charge in [-0.05, 0) is 18.2 Å². The van der Waals surface area contributed by atoms with Crippen molar-refractivity contribution in [3.63, 3.8) is 0 Å². The number of hydrogen-bond acceptors (Lipinski definition) is 4. The van der Waals surface area contributed by atoms with E-state index in [1.807, 2.05) is 0 Å². The Hall–Kier alpha value is -3.09. The van der Waals surface area contributed by atoms with Gasteiger partial charge in [0.25, 0.3) is 5.91 Å². The maximum absolute atomic E-state index is 11.0. The standard InChI is InChI=1S/C13H12N4O3/c14-12(18)11-7-10(4-5-16-11)20-9-3-1-2-8(6-9)17-13(15)19/h1-7H,(H2,14,18)(H3,15,17,19). The Labute approximate surface area is 114 Å². The fourth-order valence-electron chi connectivity index (χ4n) is 1.53. The van der Waals surface area contributed by atoms with Crippen LogP contribution in [0.15, 0.2) is 42.6 Å². The molecule has 0 unspecified atom stereocenters.